The van der Waals surface area contributed by atoms with Gasteiger partial charge >= 0.3 is 7.12 Å². The number of ether oxygens (including phenoxy) is 2. The number of rotatable bonds is 6. The third kappa shape index (κ3) is 3.73. The van der Waals surface area contributed by atoms with E-state index < -0.39 is 7.12 Å². The van der Waals surface area contributed by atoms with Gasteiger partial charge in [0, 0.05) is 25.7 Å². The van der Waals surface area contributed by atoms with Crippen molar-refractivity contribution >= 4 is 12.6 Å². The zero-order valence-corrected chi connectivity index (χ0v) is 12.1. The molecule has 5 nitrogen and oxygen atoms in total. The van der Waals surface area contributed by atoms with Crippen molar-refractivity contribution in [1.82, 2.24) is 4.90 Å². The van der Waals surface area contributed by atoms with Gasteiger partial charge in [0.2, 0.25) is 0 Å². The van der Waals surface area contributed by atoms with Crippen LogP contribution in [0, 0.1) is 5.92 Å². The molecule has 0 spiro atoms. The number of likely N-dealkylation sites (tertiary alicyclic amines) is 1. The largest absolute Gasteiger partial charge is 0.497 e. The molecule has 1 unspecified atom stereocenters. The second-order valence-corrected chi connectivity index (χ2v) is 5.30. The molecule has 1 heterocycles. The Hall–Kier alpha value is -1.08. The Kier molecular flexibility index (Phi) is 5.42. The highest BCUT2D eigenvalue weighted by atomic mass is 16.5. The minimum Gasteiger partial charge on any atom is -0.497 e. The van der Waals surface area contributed by atoms with E-state index in [0.717, 1.165) is 38.2 Å². The lowest BCUT2D eigenvalue weighted by molar-refractivity contribution is 0.152. The van der Waals surface area contributed by atoms with Crippen LogP contribution in [0.4, 0.5) is 0 Å². The SMILES string of the molecule is COCC1CCN(Cc2ccc(OC)c(B(O)O)c2)C1. The molecule has 110 valence electrons. The zero-order valence-electron chi connectivity index (χ0n) is 12.1. The molecule has 0 aliphatic carbocycles. The molecule has 1 saturated heterocycles. The van der Waals surface area contributed by atoms with E-state index in [0.29, 0.717) is 17.1 Å². The lowest BCUT2D eigenvalue weighted by Gasteiger charge is -2.17. The van der Waals surface area contributed by atoms with E-state index in [2.05, 4.69) is 4.90 Å². The van der Waals surface area contributed by atoms with Crippen LogP contribution in [-0.2, 0) is 11.3 Å². The fourth-order valence-corrected chi connectivity index (χ4v) is 2.77. The van der Waals surface area contributed by atoms with Gasteiger partial charge in [0.1, 0.15) is 5.75 Å². The first-order chi connectivity index (χ1) is 9.63. The van der Waals surface area contributed by atoms with Crippen LogP contribution in [-0.4, -0.2) is 56.0 Å². The molecule has 1 aliphatic heterocycles. The van der Waals surface area contributed by atoms with Gasteiger partial charge in [0.05, 0.1) is 13.7 Å². The van der Waals surface area contributed by atoms with Crippen LogP contribution in [0.1, 0.15) is 12.0 Å². The van der Waals surface area contributed by atoms with E-state index in [4.69, 9.17) is 9.47 Å². The lowest BCUT2D eigenvalue weighted by Crippen LogP contribution is -2.32. The van der Waals surface area contributed by atoms with Crippen LogP contribution in [0.15, 0.2) is 18.2 Å². The average molecular weight is 279 g/mol. The van der Waals surface area contributed by atoms with Gasteiger partial charge in [-0.05, 0) is 30.5 Å². The summed E-state index contributed by atoms with van der Waals surface area (Å²) in [6.07, 6.45) is 1.15. The Morgan fingerprint density at radius 2 is 2.15 bits per heavy atom. The van der Waals surface area contributed by atoms with Gasteiger partial charge in [-0.15, -0.1) is 0 Å². The van der Waals surface area contributed by atoms with E-state index >= 15 is 0 Å². The van der Waals surface area contributed by atoms with Crippen molar-refractivity contribution in [2.75, 3.05) is 33.9 Å². The summed E-state index contributed by atoms with van der Waals surface area (Å²) in [6, 6.07) is 5.55. The molecular formula is C14H22BNO4. The summed E-state index contributed by atoms with van der Waals surface area (Å²) in [5, 5.41) is 18.8. The summed E-state index contributed by atoms with van der Waals surface area (Å²) >= 11 is 0. The van der Waals surface area contributed by atoms with Gasteiger partial charge in [0.15, 0.2) is 0 Å². The number of benzene rings is 1. The summed E-state index contributed by atoms with van der Waals surface area (Å²) in [5.74, 6) is 1.10. The number of hydrogen-bond donors (Lipinski definition) is 2. The van der Waals surface area contributed by atoms with Gasteiger partial charge in [-0.1, -0.05) is 12.1 Å². The molecule has 0 aromatic heterocycles. The summed E-state index contributed by atoms with van der Waals surface area (Å²) in [4.78, 5) is 2.36. The van der Waals surface area contributed by atoms with Crippen LogP contribution in [0.3, 0.4) is 0 Å². The van der Waals surface area contributed by atoms with Crippen molar-refractivity contribution in [1.29, 1.82) is 0 Å². The molecule has 1 aromatic rings. The first-order valence-electron chi connectivity index (χ1n) is 6.88. The van der Waals surface area contributed by atoms with Gasteiger partial charge in [-0.25, -0.2) is 0 Å². The highest BCUT2D eigenvalue weighted by Crippen LogP contribution is 2.19. The second kappa shape index (κ2) is 7.08. The predicted molar refractivity (Wildman–Crippen MR) is 78.1 cm³/mol. The van der Waals surface area contributed by atoms with Gasteiger partial charge < -0.3 is 19.5 Å². The second-order valence-electron chi connectivity index (χ2n) is 5.30. The Morgan fingerprint density at radius 1 is 1.35 bits per heavy atom. The van der Waals surface area contributed by atoms with E-state index in [1.807, 2.05) is 6.07 Å². The zero-order chi connectivity index (χ0) is 14.5. The van der Waals surface area contributed by atoms with E-state index in [9.17, 15) is 10.0 Å². The Balaban J connectivity index is 2.01. The summed E-state index contributed by atoms with van der Waals surface area (Å²) < 4.78 is 10.3. The van der Waals surface area contributed by atoms with Crippen LogP contribution in [0.25, 0.3) is 0 Å². The maximum atomic E-state index is 9.38. The van der Waals surface area contributed by atoms with Crippen molar-refractivity contribution in [3.63, 3.8) is 0 Å². The fraction of sp³-hybridized carbons (Fsp3) is 0.571. The van der Waals surface area contributed by atoms with Crippen molar-refractivity contribution in [3.05, 3.63) is 23.8 Å². The molecule has 1 atom stereocenters. The summed E-state index contributed by atoms with van der Waals surface area (Å²) in [6.45, 7) is 3.69. The molecule has 1 aliphatic rings. The molecule has 1 aromatic carbocycles. The maximum absolute atomic E-state index is 9.38. The highest BCUT2D eigenvalue weighted by molar-refractivity contribution is 6.59. The van der Waals surface area contributed by atoms with Crippen LogP contribution < -0.4 is 10.2 Å². The van der Waals surface area contributed by atoms with Crippen LogP contribution in [0.2, 0.25) is 0 Å². The third-order valence-corrected chi connectivity index (χ3v) is 3.75. The Bertz CT molecular complexity index is 441. The summed E-state index contributed by atoms with van der Waals surface area (Å²) in [7, 11) is 1.75. The standard InChI is InChI=1S/C14H22BNO4/c1-19-10-12-5-6-16(9-12)8-11-3-4-14(20-2)13(7-11)15(17)18/h3-4,7,12,17-18H,5-6,8-10H2,1-2H3. The molecule has 2 N–H and O–H groups in total. The van der Waals surface area contributed by atoms with E-state index in [1.165, 1.54) is 7.11 Å². The first-order valence-corrected chi connectivity index (χ1v) is 6.88. The number of hydrogen-bond acceptors (Lipinski definition) is 5. The molecule has 20 heavy (non-hydrogen) atoms. The molecule has 0 bridgehead atoms. The van der Waals surface area contributed by atoms with Crippen molar-refractivity contribution in [2.45, 2.75) is 13.0 Å². The Labute approximate surface area is 120 Å². The predicted octanol–water partition coefficient (Wildman–Crippen LogP) is -0.157. The normalized spacial score (nSPS) is 19.3. The highest BCUT2D eigenvalue weighted by Gasteiger charge is 2.23. The van der Waals surface area contributed by atoms with Crippen molar-refractivity contribution in [2.24, 2.45) is 5.92 Å². The van der Waals surface area contributed by atoms with E-state index in [1.54, 1.807) is 19.2 Å². The average Bonchev–Trinajstić information content (AvgIpc) is 2.86. The molecular weight excluding hydrogens is 257 g/mol. The monoisotopic (exact) mass is 279 g/mol. The minimum absolute atomic E-state index is 0.414. The third-order valence-electron chi connectivity index (χ3n) is 3.75. The molecule has 6 heteroatoms. The van der Waals surface area contributed by atoms with Crippen molar-refractivity contribution < 1.29 is 19.5 Å². The topological polar surface area (TPSA) is 62.2 Å². The first kappa shape index (κ1) is 15.3. The maximum Gasteiger partial charge on any atom is 0.492 e. The smallest absolute Gasteiger partial charge is 0.492 e. The number of methoxy groups -OCH3 is 2. The quantitative estimate of drug-likeness (QED) is 0.709. The van der Waals surface area contributed by atoms with E-state index in [-0.39, 0.29) is 0 Å². The van der Waals surface area contributed by atoms with Crippen molar-refractivity contribution in [3.8, 4) is 5.75 Å². The molecule has 0 radical (unpaired) electrons. The van der Waals surface area contributed by atoms with Crippen LogP contribution in [0.5, 0.6) is 5.75 Å². The van der Waals surface area contributed by atoms with Crippen LogP contribution >= 0.6 is 0 Å². The number of nitrogens with zero attached hydrogens (tertiary/aromatic N) is 1. The van der Waals surface area contributed by atoms with Gasteiger partial charge in [-0.3, -0.25) is 4.90 Å². The fourth-order valence-electron chi connectivity index (χ4n) is 2.77. The molecule has 0 saturated carbocycles. The molecule has 2 rings (SSSR count). The minimum atomic E-state index is -1.51. The molecule has 0 amide bonds. The molecule has 1 fully saturated rings. The lowest BCUT2D eigenvalue weighted by atomic mass is 9.78. The summed E-state index contributed by atoms with van der Waals surface area (Å²) in [5.41, 5.74) is 1.48. The van der Waals surface area contributed by atoms with Gasteiger partial charge in [-0.2, -0.15) is 0 Å². The van der Waals surface area contributed by atoms with Gasteiger partial charge in [0.25, 0.3) is 0 Å². The Morgan fingerprint density at radius 3 is 2.80 bits per heavy atom.